The van der Waals surface area contributed by atoms with E-state index in [1.54, 1.807) is 0 Å². The second kappa shape index (κ2) is 6.77. The Morgan fingerprint density at radius 3 is 3.00 bits per heavy atom. The van der Waals surface area contributed by atoms with Gasteiger partial charge in [-0.15, -0.1) is 12.4 Å². The van der Waals surface area contributed by atoms with E-state index in [0.717, 1.165) is 31.3 Å². The number of halogens is 1. The summed E-state index contributed by atoms with van der Waals surface area (Å²) >= 11 is 0. The molecule has 1 aromatic carbocycles. The minimum atomic E-state index is 0. The van der Waals surface area contributed by atoms with Gasteiger partial charge in [-0.1, -0.05) is 18.2 Å². The van der Waals surface area contributed by atoms with E-state index in [1.807, 2.05) is 18.3 Å². The standard InChI is InChI=1S/C15H19N3O.ClH/c19-15(14-6-3-8-16-14)17-9-7-11-10-18-13-5-2-1-4-12(11)13;/h1-2,4-5,10,14,16,18H,3,6-9H2,(H,17,19);1H. The Kier molecular flexibility index (Phi) is 5.04. The first kappa shape index (κ1) is 14.9. The molecule has 20 heavy (non-hydrogen) atoms. The fourth-order valence-corrected chi connectivity index (χ4v) is 2.69. The molecule has 3 N–H and O–H groups in total. The molecule has 0 bridgehead atoms. The molecule has 1 aliphatic heterocycles. The molecule has 108 valence electrons. The molecule has 5 heteroatoms. The van der Waals surface area contributed by atoms with Crippen molar-refractivity contribution in [1.82, 2.24) is 15.6 Å². The summed E-state index contributed by atoms with van der Waals surface area (Å²) in [4.78, 5) is 15.1. The Hall–Kier alpha value is -1.52. The molecule has 4 nitrogen and oxygen atoms in total. The van der Waals surface area contributed by atoms with Crippen molar-refractivity contribution in [1.29, 1.82) is 0 Å². The molecule has 1 aromatic heterocycles. The van der Waals surface area contributed by atoms with Crippen molar-refractivity contribution in [3.63, 3.8) is 0 Å². The van der Waals surface area contributed by atoms with Gasteiger partial charge in [0.1, 0.15) is 0 Å². The lowest BCUT2D eigenvalue weighted by atomic mass is 10.1. The highest BCUT2D eigenvalue weighted by molar-refractivity contribution is 5.85. The SMILES string of the molecule is Cl.O=C(NCCc1c[nH]c2ccccc12)C1CCCN1. The van der Waals surface area contributed by atoms with Crippen molar-refractivity contribution < 1.29 is 4.79 Å². The van der Waals surface area contributed by atoms with Crippen molar-refractivity contribution in [2.24, 2.45) is 0 Å². The van der Waals surface area contributed by atoms with Crippen LogP contribution in [0.3, 0.4) is 0 Å². The van der Waals surface area contributed by atoms with E-state index in [4.69, 9.17) is 0 Å². The second-order valence-electron chi connectivity index (χ2n) is 5.05. The van der Waals surface area contributed by atoms with Gasteiger partial charge < -0.3 is 15.6 Å². The third-order valence-corrected chi connectivity index (χ3v) is 3.75. The predicted octanol–water partition coefficient (Wildman–Crippen LogP) is 2.00. The van der Waals surface area contributed by atoms with Crippen LogP contribution in [0.15, 0.2) is 30.5 Å². The fraction of sp³-hybridized carbons (Fsp3) is 0.400. The zero-order valence-electron chi connectivity index (χ0n) is 11.3. The molecule has 1 aliphatic rings. The van der Waals surface area contributed by atoms with Gasteiger partial charge in [-0.3, -0.25) is 4.79 Å². The summed E-state index contributed by atoms with van der Waals surface area (Å²) in [6.45, 7) is 1.65. The number of hydrogen-bond acceptors (Lipinski definition) is 2. The largest absolute Gasteiger partial charge is 0.361 e. The molecule has 0 aliphatic carbocycles. The Bertz CT molecular complexity index is 575. The van der Waals surface area contributed by atoms with Gasteiger partial charge in [-0.2, -0.15) is 0 Å². The van der Waals surface area contributed by atoms with Crippen LogP contribution in [0.4, 0.5) is 0 Å². The van der Waals surface area contributed by atoms with Crippen LogP contribution in [0, 0.1) is 0 Å². The minimum absolute atomic E-state index is 0. The average molecular weight is 294 g/mol. The van der Waals surface area contributed by atoms with Crippen LogP contribution >= 0.6 is 12.4 Å². The quantitative estimate of drug-likeness (QED) is 0.807. The number of hydrogen-bond donors (Lipinski definition) is 3. The zero-order chi connectivity index (χ0) is 13.1. The molecule has 1 fully saturated rings. The first-order valence-electron chi connectivity index (χ1n) is 6.91. The topological polar surface area (TPSA) is 56.9 Å². The summed E-state index contributed by atoms with van der Waals surface area (Å²) < 4.78 is 0. The number of para-hydroxylation sites is 1. The van der Waals surface area contributed by atoms with Gasteiger partial charge >= 0.3 is 0 Å². The Labute approximate surface area is 124 Å². The maximum atomic E-state index is 11.9. The molecule has 1 atom stereocenters. The van der Waals surface area contributed by atoms with Gasteiger partial charge in [0.25, 0.3) is 0 Å². The summed E-state index contributed by atoms with van der Waals surface area (Å²) in [6, 6.07) is 8.26. The number of carbonyl (C=O) groups is 1. The van der Waals surface area contributed by atoms with Crippen LogP contribution in [-0.4, -0.2) is 30.0 Å². The van der Waals surface area contributed by atoms with Crippen molar-refractivity contribution in [3.05, 3.63) is 36.0 Å². The van der Waals surface area contributed by atoms with Gasteiger partial charge in [0.05, 0.1) is 6.04 Å². The highest BCUT2D eigenvalue weighted by atomic mass is 35.5. The van der Waals surface area contributed by atoms with Crippen LogP contribution in [0.1, 0.15) is 18.4 Å². The number of nitrogens with one attached hydrogen (secondary N) is 3. The number of H-pyrrole nitrogens is 1. The van der Waals surface area contributed by atoms with Crippen LogP contribution < -0.4 is 10.6 Å². The molecule has 0 saturated carbocycles. The van der Waals surface area contributed by atoms with E-state index >= 15 is 0 Å². The highest BCUT2D eigenvalue weighted by Crippen LogP contribution is 2.17. The molecule has 3 rings (SSSR count). The van der Waals surface area contributed by atoms with Gasteiger partial charge in [0.2, 0.25) is 5.91 Å². The number of aromatic amines is 1. The lowest BCUT2D eigenvalue weighted by Gasteiger charge is -2.10. The molecular weight excluding hydrogens is 274 g/mol. The Balaban J connectivity index is 0.00000147. The Morgan fingerprint density at radius 1 is 1.35 bits per heavy atom. The van der Waals surface area contributed by atoms with Crippen LogP contribution in [0.2, 0.25) is 0 Å². The monoisotopic (exact) mass is 293 g/mol. The maximum Gasteiger partial charge on any atom is 0.237 e. The summed E-state index contributed by atoms with van der Waals surface area (Å²) in [7, 11) is 0. The molecule has 1 unspecified atom stereocenters. The van der Waals surface area contributed by atoms with Crippen LogP contribution in [-0.2, 0) is 11.2 Å². The van der Waals surface area contributed by atoms with Crippen molar-refractivity contribution in [2.75, 3.05) is 13.1 Å². The lowest BCUT2D eigenvalue weighted by molar-refractivity contribution is -0.122. The second-order valence-corrected chi connectivity index (χ2v) is 5.05. The molecule has 0 radical (unpaired) electrons. The van der Waals surface area contributed by atoms with Crippen LogP contribution in [0.5, 0.6) is 0 Å². The van der Waals surface area contributed by atoms with E-state index in [0.29, 0.717) is 6.54 Å². The van der Waals surface area contributed by atoms with Gasteiger partial charge in [-0.25, -0.2) is 0 Å². The summed E-state index contributed by atoms with van der Waals surface area (Å²) in [6.07, 6.45) is 4.95. The van der Waals surface area contributed by atoms with Gasteiger partial charge in [-0.05, 0) is 37.4 Å². The number of fused-ring (bicyclic) bond motifs is 1. The first-order chi connectivity index (χ1) is 9.34. The minimum Gasteiger partial charge on any atom is -0.361 e. The molecule has 1 saturated heterocycles. The average Bonchev–Trinajstić information content (AvgIpc) is 3.08. The van der Waals surface area contributed by atoms with E-state index < -0.39 is 0 Å². The van der Waals surface area contributed by atoms with Crippen molar-refractivity contribution in [3.8, 4) is 0 Å². The number of benzene rings is 1. The molecule has 1 amide bonds. The van der Waals surface area contributed by atoms with E-state index in [1.165, 1.54) is 10.9 Å². The summed E-state index contributed by atoms with van der Waals surface area (Å²) in [5.41, 5.74) is 2.41. The third-order valence-electron chi connectivity index (χ3n) is 3.75. The van der Waals surface area contributed by atoms with E-state index in [2.05, 4.69) is 27.8 Å². The van der Waals surface area contributed by atoms with Gasteiger partial charge in [0, 0.05) is 23.6 Å². The smallest absolute Gasteiger partial charge is 0.237 e. The third kappa shape index (κ3) is 3.14. The number of amides is 1. The van der Waals surface area contributed by atoms with Crippen molar-refractivity contribution in [2.45, 2.75) is 25.3 Å². The first-order valence-corrected chi connectivity index (χ1v) is 6.91. The van der Waals surface area contributed by atoms with Crippen molar-refractivity contribution >= 4 is 29.2 Å². The molecule has 2 aromatic rings. The lowest BCUT2D eigenvalue weighted by Crippen LogP contribution is -2.41. The number of carbonyl (C=O) groups excluding carboxylic acids is 1. The number of aromatic nitrogens is 1. The predicted molar refractivity (Wildman–Crippen MR) is 83.3 cm³/mol. The highest BCUT2D eigenvalue weighted by Gasteiger charge is 2.21. The molecule has 0 spiro atoms. The Morgan fingerprint density at radius 2 is 2.20 bits per heavy atom. The summed E-state index contributed by atoms with van der Waals surface area (Å²) in [5, 5.41) is 7.47. The van der Waals surface area contributed by atoms with Crippen LogP contribution in [0.25, 0.3) is 10.9 Å². The molecular formula is C15H20ClN3O. The summed E-state index contributed by atoms with van der Waals surface area (Å²) in [5.74, 6) is 0.136. The normalized spacial score (nSPS) is 17.9. The zero-order valence-corrected chi connectivity index (χ0v) is 12.1. The van der Waals surface area contributed by atoms with Gasteiger partial charge in [0.15, 0.2) is 0 Å². The van der Waals surface area contributed by atoms with E-state index in [-0.39, 0.29) is 24.4 Å². The fourth-order valence-electron chi connectivity index (χ4n) is 2.69. The maximum absolute atomic E-state index is 11.9. The van der Waals surface area contributed by atoms with E-state index in [9.17, 15) is 4.79 Å². The molecule has 2 heterocycles. The number of rotatable bonds is 4.